The van der Waals surface area contributed by atoms with E-state index in [1.807, 2.05) is 31.2 Å². The summed E-state index contributed by atoms with van der Waals surface area (Å²) in [5.41, 5.74) is 6.27. The normalized spacial score (nSPS) is 10.9. The molecule has 3 rings (SSSR count). The molecule has 0 aliphatic heterocycles. The second-order valence-corrected chi connectivity index (χ2v) is 5.52. The summed E-state index contributed by atoms with van der Waals surface area (Å²) in [5, 5.41) is 6.64. The Bertz CT molecular complexity index is 906. The predicted molar refractivity (Wildman–Crippen MR) is 94.9 cm³/mol. The Morgan fingerprint density at radius 3 is 3.00 bits per heavy atom. The summed E-state index contributed by atoms with van der Waals surface area (Å²) in [5.74, 6) is 0.770. The molecule has 2 N–H and O–H groups in total. The van der Waals surface area contributed by atoms with E-state index in [1.54, 1.807) is 25.5 Å². The van der Waals surface area contributed by atoms with Gasteiger partial charge in [-0.1, -0.05) is 18.2 Å². The molecule has 3 aromatic rings. The van der Waals surface area contributed by atoms with Gasteiger partial charge in [-0.05, 0) is 36.2 Å². The molecule has 2 amide bonds. The summed E-state index contributed by atoms with van der Waals surface area (Å²) < 4.78 is 13.5. The van der Waals surface area contributed by atoms with Gasteiger partial charge < -0.3 is 10.1 Å². The first-order chi connectivity index (χ1) is 11.7. The average molecular weight is 341 g/mol. The lowest BCUT2D eigenvalue weighted by molar-refractivity contribution is 0.252. The number of carbonyl (C=O) groups excluding carboxylic acids is 1. The first kappa shape index (κ1) is 15.9. The highest BCUT2D eigenvalue weighted by Gasteiger charge is 2.07. The van der Waals surface area contributed by atoms with E-state index in [2.05, 4.69) is 24.6 Å². The zero-order chi connectivity index (χ0) is 16.9. The van der Waals surface area contributed by atoms with Gasteiger partial charge in [0.15, 0.2) is 0 Å². The number of anilines is 1. The van der Waals surface area contributed by atoms with Gasteiger partial charge in [-0.25, -0.2) is 10.2 Å². The van der Waals surface area contributed by atoms with Crippen molar-refractivity contribution in [3.05, 3.63) is 47.5 Å². The van der Waals surface area contributed by atoms with Crippen molar-refractivity contribution in [2.75, 3.05) is 12.4 Å². The van der Waals surface area contributed by atoms with Crippen LogP contribution in [0.15, 0.2) is 41.5 Å². The number of aromatic nitrogens is 2. The number of hydrazone groups is 1. The van der Waals surface area contributed by atoms with Crippen LogP contribution in [0, 0.1) is 6.92 Å². The maximum Gasteiger partial charge on any atom is 0.339 e. The van der Waals surface area contributed by atoms with Crippen molar-refractivity contribution in [1.82, 2.24) is 14.2 Å². The first-order valence-electron chi connectivity index (χ1n) is 7.13. The van der Waals surface area contributed by atoms with Gasteiger partial charge in [-0.15, -0.1) is 0 Å². The number of hydrogen-bond donors (Lipinski definition) is 2. The smallest absolute Gasteiger partial charge is 0.339 e. The zero-order valence-corrected chi connectivity index (χ0v) is 13.9. The number of nitrogens with one attached hydrogen (secondary N) is 2. The molecule has 0 spiro atoms. The molecule has 0 fully saturated rings. The van der Waals surface area contributed by atoms with Crippen molar-refractivity contribution in [2.24, 2.45) is 5.10 Å². The molecular formula is C16H15N5O2S. The minimum atomic E-state index is -0.453. The van der Waals surface area contributed by atoms with E-state index in [-0.39, 0.29) is 0 Å². The monoisotopic (exact) mass is 341 g/mol. The van der Waals surface area contributed by atoms with Crippen molar-refractivity contribution in [3.63, 3.8) is 0 Å². The third kappa shape index (κ3) is 3.49. The van der Waals surface area contributed by atoms with Gasteiger partial charge in [0.1, 0.15) is 16.8 Å². The van der Waals surface area contributed by atoms with Crippen LogP contribution in [-0.4, -0.2) is 28.1 Å². The topological polar surface area (TPSA) is 88.5 Å². The maximum absolute atomic E-state index is 11.9. The minimum Gasteiger partial charge on any atom is -0.496 e. The number of amides is 2. The Kier molecular flexibility index (Phi) is 4.66. The van der Waals surface area contributed by atoms with E-state index in [1.165, 1.54) is 0 Å². The summed E-state index contributed by atoms with van der Waals surface area (Å²) >= 11 is 1.10. The summed E-state index contributed by atoms with van der Waals surface area (Å²) in [6, 6.07) is 10.6. The predicted octanol–water partition coefficient (Wildman–Crippen LogP) is 3.16. The molecule has 7 nitrogen and oxygen atoms in total. The van der Waals surface area contributed by atoms with Gasteiger partial charge in [0.25, 0.3) is 0 Å². The van der Waals surface area contributed by atoms with Gasteiger partial charge in [0.05, 0.1) is 30.7 Å². The van der Waals surface area contributed by atoms with Crippen LogP contribution in [0.4, 0.5) is 10.5 Å². The lowest BCUT2D eigenvalue weighted by Crippen LogP contribution is -2.24. The number of fused-ring (bicyclic) bond motifs is 1. The van der Waals surface area contributed by atoms with Crippen molar-refractivity contribution in [2.45, 2.75) is 6.92 Å². The lowest BCUT2D eigenvalue weighted by atomic mass is 10.1. The van der Waals surface area contributed by atoms with Crippen LogP contribution >= 0.6 is 11.7 Å². The van der Waals surface area contributed by atoms with E-state index in [4.69, 9.17) is 4.74 Å². The summed E-state index contributed by atoms with van der Waals surface area (Å²) in [6.07, 6.45) is 1.55. The van der Waals surface area contributed by atoms with Crippen LogP contribution in [0.2, 0.25) is 0 Å². The van der Waals surface area contributed by atoms with Crippen LogP contribution in [-0.2, 0) is 0 Å². The van der Waals surface area contributed by atoms with E-state index in [0.717, 1.165) is 34.1 Å². The molecular weight excluding hydrogens is 326 g/mol. The second-order valence-electron chi connectivity index (χ2n) is 4.99. The minimum absolute atomic E-state index is 0.453. The average Bonchev–Trinajstić information content (AvgIpc) is 3.06. The van der Waals surface area contributed by atoms with Crippen molar-refractivity contribution < 1.29 is 9.53 Å². The van der Waals surface area contributed by atoms with Crippen LogP contribution in [0.1, 0.15) is 11.1 Å². The maximum atomic E-state index is 11.9. The molecule has 0 radical (unpaired) electrons. The Labute approximate surface area is 142 Å². The molecule has 0 unspecified atom stereocenters. The number of hydrogen-bond acceptors (Lipinski definition) is 6. The zero-order valence-electron chi connectivity index (χ0n) is 13.1. The van der Waals surface area contributed by atoms with Gasteiger partial charge in [-0.2, -0.15) is 13.8 Å². The molecule has 24 heavy (non-hydrogen) atoms. The third-order valence-electron chi connectivity index (χ3n) is 3.35. The highest BCUT2D eigenvalue weighted by Crippen LogP contribution is 2.21. The van der Waals surface area contributed by atoms with Crippen molar-refractivity contribution in [3.8, 4) is 5.75 Å². The highest BCUT2D eigenvalue weighted by molar-refractivity contribution is 7.00. The standard InChI is InChI=1S/C16H15N5O2S/c1-10-6-7-11(8-14(10)23-2)9-17-19-16(22)18-12-4-3-5-13-15(12)21-24-20-13/h3-9H,1-2H3,(H2,18,19,22)/b17-9+. The molecule has 0 aliphatic carbocycles. The highest BCUT2D eigenvalue weighted by atomic mass is 32.1. The van der Waals surface area contributed by atoms with Crippen molar-refractivity contribution >= 4 is 40.7 Å². The fourth-order valence-electron chi connectivity index (χ4n) is 2.14. The third-order valence-corrected chi connectivity index (χ3v) is 3.89. The Balaban J connectivity index is 1.64. The number of aryl methyl sites for hydroxylation is 1. The van der Waals surface area contributed by atoms with E-state index in [0.29, 0.717) is 11.2 Å². The SMILES string of the molecule is COc1cc(/C=N/NC(=O)Nc2cccc3nsnc23)ccc1C. The number of ether oxygens (including phenoxy) is 1. The number of rotatable bonds is 4. The summed E-state index contributed by atoms with van der Waals surface area (Å²) in [6.45, 7) is 1.96. The van der Waals surface area contributed by atoms with Gasteiger partial charge in [0, 0.05) is 0 Å². The molecule has 0 aliphatic rings. The van der Waals surface area contributed by atoms with Crippen LogP contribution in [0.5, 0.6) is 5.75 Å². The van der Waals surface area contributed by atoms with Crippen LogP contribution < -0.4 is 15.5 Å². The molecule has 0 bridgehead atoms. The van der Waals surface area contributed by atoms with Crippen molar-refractivity contribution in [1.29, 1.82) is 0 Å². The number of methoxy groups -OCH3 is 1. The molecule has 0 saturated carbocycles. The van der Waals surface area contributed by atoms with Gasteiger partial charge >= 0.3 is 6.03 Å². The lowest BCUT2D eigenvalue weighted by Gasteiger charge is -2.05. The summed E-state index contributed by atoms with van der Waals surface area (Å²) in [4.78, 5) is 11.9. The van der Waals surface area contributed by atoms with Gasteiger partial charge in [0.2, 0.25) is 0 Å². The molecule has 8 heteroatoms. The first-order valence-corrected chi connectivity index (χ1v) is 7.86. The Morgan fingerprint density at radius 1 is 1.29 bits per heavy atom. The molecule has 0 saturated heterocycles. The molecule has 1 aromatic heterocycles. The number of nitrogens with zero attached hydrogens (tertiary/aromatic N) is 3. The number of carbonyl (C=O) groups is 1. The molecule has 0 atom stereocenters. The fourth-order valence-corrected chi connectivity index (χ4v) is 2.69. The van der Waals surface area contributed by atoms with E-state index >= 15 is 0 Å². The second kappa shape index (κ2) is 7.05. The Hall–Kier alpha value is -3.00. The molecule has 2 aromatic carbocycles. The molecule has 122 valence electrons. The summed E-state index contributed by atoms with van der Waals surface area (Å²) in [7, 11) is 1.61. The van der Waals surface area contributed by atoms with E-state index in [9.17, 15) is 4.79 Å². The van der Waals surface area contributed by atoms with Crippen LogP contribution in [0.25, 0.3) is 11.0 Å². The fraction of sp³-hybridized carbons (Fsp3) is 0.125. The van der Waals surface area contributed by atoms with E-state index < -0.39 is 6.03 Å². The van der Waals surface area contributed by atoms with Crippen LogP contribution in [0.3, 0.4) is 0 Å². The quantitative estimate of drug-likeness (QED) is 0.563. The van der Waals surface area contributed by atoms with Gasteiger partial charge in [-0.3, -0.25) is 0 Å². The molecule has 1 heterocycles. The Morgan fingerprint density at radius 2 is 2.17 bits per heavy atom. The number of benzene rings is 2. The largest absolute Gasteiger partial charge is 0.496 e. The number of urea groups is 1.